The van der Waals surface area contributed by atoms with Crippen molar-refractivity contribution in [3.63, 3.8) is 0 Å². The van der Waals surface area contributed by atoms with Crippen LogP contribution in [-0.2, 0) is 9.53 Å². The molecule has 0 saturated heterocycles. The maximum atomic E-state index is 11.8. The summed E-state index contributed by atoms with van der Waals surface area (Å²) < 4.78 is 4.96. The highest BCUT2D eigenvalue weighted by Gasteiger charge is 2.15. The van der Waals surface area contributed by atoms with Gasteiger partial charge in [-0.1, -0.05) is 13.8 Å². The third kappa shape index (κ3) is 3.16. The average Bonchev–Trinajstić information content (AvgIpc) is 2.48. The van der Waals surface area contributed by atoms with E-state index in [4.69, 9.17) is 10.5 Å². The summed E-state index contributed by atoms with van der Waals surface area (Å²) in [4.78, 5) is 27.8. The predicted octanol–water partition coefficient (Wildman–Crippen LogP) is 2.59. The Bertz CT molecular complexity index is 726. The molecule has 1 amide bonds. The predicted molar refractivity (Wildman–Crippen MR) is 85.6 cm³/mol. The highest BCUT2D eigenvalue weighted by Crippen LogP contribution is 2.26. The first kappa shape index (κ1) is 15.8. The van der Waals surface area contributed by atoms with E-state index >= 15 is 0 Å². The third-order valence-electron chi connectivity index (χ3n) is 3.20. The summed E-state index contributed by atoms with van der Waals surface area (Å²) in [5.41, 5.74) is 7.83. The SMILES string of the molecule is CCOC(=O)c1cnc2ccc(NC(=O)C(C)C)cc2c1N. The molecule has 116 valence electrons. The molecule has 3 N–H and O–H groups in total. The van der Waals surface area contributed by atoms with Gasteiger partial charge < -0.3 is 15.8 Å². The van der Waals surface area contributed by atoms with Crippen LogP contribution in [0.25, 0.3) is 10.9 Å². The molecule has 1 heterocycles. The maximum Gasteiger partial charge on any atom is 0.341 e. The zero-order chi connectivity index (χ0) is 16.3. The van der Waals surface area contributed by atoms with E-state index in [9.17, 15) is 9.59 Å². The van der Waals surface area contributed by atoms with E-state index in [0.29, 0.717) is 22.3 Å². The van der Waals surface area contributed by atoms with Gasteiger partial charge in [0.2, 0.25) is 5.91 Å². The van der Waals surface area contributed by atoms with E-state index in [1.54, 1.807) is 25.1 Å². The minimum atomic E-state index is -0.508. The molecule has 0 spiro atoms. The van der Waals surface area contributed by atoms with E-state index in [-0.39, 0.29) is 24.0 Å². The Morgan fingerprint density at radius 3 is 2.73 bits per heavy atom. The molecule has 1 aromatic carbocycles. The van der Waals surface area contributed by atoms with Gasteiger partial charge in [0.15, 0.2) is 0 Å². The topological polar surface area (TPSA) is 94.3 Å². The van der Waals surface area contributed by atoms with Crippen LogP contribution in [0, 0.1) is 5.92 Å². The second kappa shape index (κ2) is 6.43. The van der Waals surface area contributed by atoms with Gasteiger partial charge in [-0.2, -0.15) is 0 Å². The summed E-state index contributed by atoms with van der Waals surface area (Å²) in [5, 5.41) is 3.40. The number of aromatic nitrogens is 1. The van der Waals surface area contributed by atoms with Crippen LogP contribution in [0.3, 0.4) is 0 Å². The highest BCUT2D eigenvalue weighted by molar-refractivity contribution is 6.05. The largest absolute Gasteiger partial charge is 0.462 e. The molecule has 0 aliphatic heterocycles. The number of nitrogen functional groups attached to an aromatic ring is 1. The molecule has 0 saturated carbocycles. The zero-order valence-electron chi connectivity index (χ0n) is 12.8. The van der Waals surface area contributed by atoms with Crippen LogP contribution >= 0.6 is 0 Å². The molecule has 6 heteroatoms. The number of pyridine rings is 1. The van der Waals surface area contributed by atoms with Crippen molar-refractivity contribution >= 4 is 34.2 Å². The number of benzene rings is 1. The summed E-state index contributed by atoms with van der Waals surface area (Å²) in [7, 11) is 0. The number of rotatable bonds is 4. The second-order valence-electron chi connectivity index (χ2n) is 5.18. The lowest BCUT2D eigenvalue weighted by Gasteiger charge is -2.11. The number of nitrogens with one attached hydrogen (secondary N) is 1. The molecule has 2 rings (SSSR count). The summed E-state index contributed by atoms with van der Waals surface area (Å²) >= 11 is 0. The van der Waals surface area contributed by atoms with Crippen LogP contribution in [-0.4, -0.2) is 23.5 Å². The summed E-state index contributed by atoms with van der Waals surface area (Å²) in [5.74, 6) is -0.726. The van der Waals surface area contributed by atoms with Crippen molar-refractivity contribution in [1.29, 1.82) is 0 Å². The van der Waals surface area contributed by atoms with E-state index in [1.807, 2.05) is 13.8 Å². The first-order valence-corrected chi connectivity index (χ1v) is 7.10. The smallest absolute Gasteiger partial charge is 0.341 e. The lowest BCUT2D eigenvalue weighted by atomic mass is 10.1. The lowest BCUT2D eigenvalue weighted by molar-refractivity contribution is -0.118. The van der Waals surface area contributed by atoms with Crippen LogP contribution in [0.2, 0.25) is 0 Å². The van der Waals surface area contributed by atoms with Gasteiger partial charge in [-0.3, -0.25) is 9.78 Å². The van der Waals surface area contributed by atoms with Crippen molar-refractivity contribution in [3.05, 3.63) is 30.0 Å². The number of esters is 1. The van der Waals surface area contributed by atoms with Crippen LogP contribution in [0.1, 0.15) is 31.1 Å². The Kier molecular flexibility index (Phi) is 4.60. The van der Waals surface area contributed by atoms with Gasteiger partial charge in [0, 0.05) is 23.2 Å². The standard InChI is InChI=1S/C16H19N3O3/c1-4-22-16(21)12-8-18-13-6-5-10(7-11(13)14(12)17)19-15(20)9(2)3/h5-9H,4H2,1-3H3,(H2,17,18)(H,19,20). The van der Waals surface area contributed by atoms with Gasteiger partial charge in [-0.25, -0.2) is 4.79 Å². The number of hydrogen-bond donors (Lipinski definition) is 2. The number of amides is 1. The highest BCUT2D eigenvalue weighted by atomic mass is 16.5. The van der Waals surface area contributed by atoms with Gasteiger partial charge in [0.1, 0.15) is 5.56 Å². The van der Waals surface area contributed by atoms with Crippen LogP contribution in [0.15, 0.2) is 24.4 Å². The minimum Gasteiger partial charge on any atom is -0.462 e. The molecule has 0 unspecified atom stereocenters. The number of anilines is 2. The van der Waals surface area contributed by atoms with Crippen molar-refractivity contribution in [2.24, 2.45) is 5.92 Å². The van der Waals surface area contributed by atoms with Crippen molar-refractivity contribution in [1.82, 2.24) is 4.98 Å². The molecular weight excluding hydrogens is 282 g/mol. The summed E-state index contributed by atoms with van der Waals surface area (Å²) in [6.07, 6.45) is 1.40. The Morgan fingerprint density at radius 2 is 2.09 bits per heavy atom. The Labute approximate surface area is 128 Å². The fourth-order valence-electron chi connectivity index (χ4n) is 1.95. The van der Waals surface area contributed by atoms with Crippen molar-refractivity contribution < 1.29 is 14.3 Å². The van der Waals surface area contributed by atoms with E-state index in [0.717, 1.165) is 0 Å². The van der Waals surface area contributed by atoms with E-state index in [1.165, 1.54) is 6.20 Å². The number of fused-ring (bicyclic) bond motifs is 1. The number of carbonyl (C=O) groups excluding carboxylic acids is 2. The lowest BCUT2D eigenvalue weighted by Crippen LogP contribution is -2.17. The molecule has 0 atom stereocenters. The quantitative estimate of drug-likeness (QED) is 0.846. The Balaban J connectivity index is 2.44. The first-order valence-electron chi connectivity index (χ1n) is 7.10. The van der Waals surface area contributed by atoms with Gasteiger partial charge in [0.05, 0.1) is 17.8 Å². The van der Waals surface area contributed by atoms with E-state index < -0.39 is 5.97 Å². The molecule has 1 aromatic heterocycles. The third-order valence-corrected chi connectivity index (χ3v) is 3.20. The second-order valence-corrected chi connectivity index (χ2v) is 5.18. The maximum absolute atomic E-state index is 11.8. The Hall–Kier alpha value is -2.63. The molecule has 0 aliphatic rings. The van der Waals surface area contributed by atoms with Gasteiger partial charge in [-0.05, 0) is 25.1 Å². The molecule has 0 fully saturated rings. The number of hydrogen-bond acceptors (Lipinski definition) is 5. The fraction of sp³-hybridized carbons (Fsp3) is 0.312. The van der Waals surface area contributed by atoms with Gasteiger partial charge in [-0.15, -0.1) is 0 Å². The van der Waals surface area contributed by atoms with Crippen molar-refractivity contribution in [2.75, 3.05) is 17.7 Å². The average molecular weight is 301 g/mol. The van der Waals surface area contributed by atoms with Crippen LogP contribution in [0.4, 0.5) is 11.4 Å². The molecule has 22 heavy (non-hydrogen) atoms. The molecule has 0 radical (unpaired) electrons. The first-order chi connectivity index (χ1) is 10.4. The summed E-state index contributed by atoms with van der Waals surface area (Å²) in [6.45, 7) is 5.61. The minimum absolute atomic E-state index is 0.0903. The number of carbonyl (C=O) groups is 2. The number of ether oxygens (including phenoxy) is 1. The van der Waals surface area contributed by atoms with Crippen LogP contribution < -0.4 is 11.1 Å². The monoisotopic (exact) mass is 301 g/mol. The number of nitrogens with two attached hydrogens (primary N) is 1. The number of nitrogens with zero attached hydrogens (tertiary/aromatic N) is 1. The zero-order valence-corrected chi connectivity index (χ0v) is 12.8. The molecule has 6 nitrogen and oxygen atoms in total. The van der Waals surface area contributed by atoms with Crippen molar-refractivity contribution in [2.45, 2.75) is 20.8 Å². The molecule has 0 bridgehead atoms. The molecule has 0 aliphatic carbocycles. The van der Waals surface area contributed by atoms with Gasteiger partial charge >= 0.3 is 5.97 Å². The van der Waals surface area contributed by atoms with Crippen LogP contribution in [0.5, 0.6) is 0 Å². The normalized spacial score (nSPS) is 10.7. The molecular formula is C16H19N3O3. The fourth-order valence-corrected chi connectivity index (χ4v) is 1.95. The summed E-state index contributed by atoms with van der Waals surface area (Å²) in [6, 6.07) is 5.20. The van der Waals surface area contributed by atoms with E-state index in [2.05, 4.69) is 10.3 Å². The Morgan fingerprint density at radius 1 is 1.36 bits per heavy atom. The van der Waals surface area contributed by atoms with Gasteiger partial charge in [0.25, 0.3) is 0 Å². The molecule has 2 aromatic rings. The van der Waals surface area contributed by atoms with Crippen molar-refractivity contribution in [3.8, 4) is 0 Å².